The lowest BCUT2D eigenvalue weighted by molar-refractivity contribution is -0.113. The highest BCUT2D eigenvalue weighted by Crippen LogP contribution is 2.30. The number of ether oxygens (including phenoxy) is 2. The standard InChI is InChI=1S/C19H19Cl2N7O3S/c1-30-14-7-6-12(8-15(14)31-2)24-16(29)10-32-19-27-26-18(28(19)22)25-23-9-11-4-3-5-13(20)17(11)21/h3-9H,10,22H2,1-2H3,(H,24,29)(H,25,26)/b23-9+. The number of nitrogens with one attached hydrogen (secondary N) is 2. The average molecular weight is 496 g/mol. The van der Waals surface area contributed by atoms with Crippen LogP contribution in [-0.2, 0) is 4.79 Å². The zero-order chi connectivity index (χ0) is 23.1. The van der Waals surface area contributed by atoms with Gasteiger partial charge in [-0.15, -0.1) is 10.2 Å². The van der Waals surface area contributed by atoms with E-state index in [4.69, 9.17) is 38.5 Å². The molecule has 32 heavy (non-hydrogen) atoms. The van der Waals surface area contributed by atoms with Crippen molar-refractivity contribution in [3.05, 3.63) is 52.0 Å². The van der Waals surface area contributed by atoms with Crippen molar-refractivity contribution in [1.82, 2.24) is 14.9 Å². The Morgan fingerprint density at radius 3 is 2.75 bits per heavy atom. The normalized spacial score (nSPS) is 10.9. The minimum Gasteiger partial charge on any atom is -0.493 e. The Labute approximate surface area is 198 Å². The van der Waals surface area contributed by atoms with Gasteiger partial charge in [0.15, 0.2) is 11.5 Å². The molecule has 1 heterocycles. The number of aromatic nitrogens is 3. The zero-order valence-electron chi connectivity index (χ0n) is 17.0. The van der Waals surface area contributed by atoms with E-state index in [1.807, 2.05) is 0 Å². The van der Waals surface area contributed by atoms with Crippen molar-refractivity contribution in [2.24, 2.45) is 5.10 Å². The molecule has 0 radical (unpaired) electrons. The summed E-state index contributed by atoms with van der Waals surface area (Å²) in [6.07, 6.45) is 1.48. The molecule has 1 amide bonds. The Balaban J connectivity index is 1.56. The number of halogens is 2. The Kier molecular flexibility index (Phi) is 8.03. The molecule has 0 aliphatic carbocycles. The van der Waals surface area contributed by atoms with E-state index in [0.29, 0.717) is 38.0 Å². The topological polar surface area (TPSA) is 129 Å². The van der Waals surface area contributed by atoms with Gasteiger partial charge in [-0.3, -0.25) is 4.79 Å². The lowest BCUT2D eigenvalue weighted by atomic mass is 10.2. The molecule has 0 saturated carbocycles. The number of rotatable bonds is 9. The van der Waals surface area contributed by atoms with Crippen molar-refractivity contribution in [3.63, 3.8) is 0 Å². The van der Waals surface area contributed by atoms with Crippen molar-refractivity contribution in [1.29, 1.82) is 0 Å². The molecule has 1 aromatic heterocycles. The molecular weight excluding hydrogens is 477 g/mol. The van der Waals surface area contributed by atoms with Crippen molar-refractivity contribution in [3.8, 4) is 11.5 Å². The maximum atomic E-state index is 12.3. The van der Waals surface area contributed by atoms with E-state index in [1.165, 1.54) is 25.1 Å². The highest BCUT2D eigenvalue weighted by Gasteiger charge is 2.13. The average Bonchev–Trinajstić information content (AvgIpc) is 3.14. The Hall–Kier alpha value is -3.15. The summed E-state index contributed by atoms with van der Waals surface area (Å²) in [5.41, 5.74) is 3.86. The molecule has 0 saturated heterocycles. The number of hydrogen-bond acceptors (Lipinski definition) is 9. The van der Waals surface area contributed by atoms with Gasteiger partial charge in [-0.25, -0.2) is 10.1 Å². The third-order valence-electron chi connectivity index (χ3n) is 4.01. The van der Waals surface area contributed by atoms with Crippen LogP contribution in [0.15, 0.2) is 46.7 Å². The van der Waals surface area contributed by atoms with Crippen molar-refractivity contribution in [2.75, 3.05) is 36.6 Å². The fourth-order valence-electron chi connectivity index (χ4n) is 2.47. The summed E-state index contributed by atoms with van der Waals surface area (Å²) in [5.74, 6) is 7.03. The van der Waals surface area contributed by atoms with Crippen LogP contribution in [0.5, 0.6) is 11.5 Å². The third kappa shape index (κ3) is 5.75. The van der Waals surface area contributed by atoms with Crippen molar-refractivity contribution in [2.45, 2.75) is 5.16 Å². The van der Waals surface area contributed by atoms with E-state index >= 15 is 0 Å². The highest BCUT2D eigenvalue weighted by molar-refractivity contribution is 7.99. The van der Waals surface area contributed by atoms with Crippen LogP contribution in [0.3, 0.4) is 0 Å². The molecule has 0 aliphatic heterocycles. The molecule has 13 heteroatoms. The Morgan fingerprint density at radius 1 is 1.22 bits per heavy atom. The number of methoxy groups -OCH3 is 2. The van der Waals surface area contributed by atoms with E-state index < -0.39 is 0 Å². The van der Waals surface area contributed by atoms with Crippen LogP contribution in [0.2, 0.25) is 10.0 Å². The summed E-state index contributed by atoms with van der Waals surface area (Å²) in [4.78, 5) is 12.3. The van der Waals surface area contributed by atoms with E-state index in [9.17, 15) is 4.79 Å². The van der Waals surface area contributed by atoms with Gasteiger partial charge in [0, 0.05) is 17.3 Å². The molecule has 3 rings (SSSR count). The highest BCUT2D eigenvalue weighted by atomic mass is 35.5. The molecule has 0 unspecified atom stereocenters. The number of amides is 1. The largest absolute Gasteiger partial charge is 0.493 e. The van der Waals surface area contributed by atoms with Crippen LogP contribution in [-0.4, -0.2) is 47.0 Å². The summed E-state index contributed by atoms with van der Waals surface area (Å²) in [6, 6.07) is 10.3. The van der Waals surface area contributed by atoms with Crippen molar-refractivity contribution < 1.29 is 14.3 Å². The van der Waals surface area contributed by atoms with Crippen LogP contribution in [0.25, 0.3) is 0 Å². The number of hydrazone groups is 1. The first-order valence-electron chi connectivity index (χ1n) is 9.01. The number of nitrogen functional groups attached to an aromatic ring is 1. The zero-order valence-corrected chi connectivity index (χ0v) is 19.3. The first-order valence-corrected chi connectivity index (χ1v) is 10.7. The van der Waals surface area contributed by atoms with Gasteiger partial charge in [0.25, 0.3) is 5.95 Å². The molecular formula is C19H19Cl2N7O3S. The second-order valence-corrected chi connectivity index (χ2v) is 7.82. The number of carbonyl (C=O) groups is 1. The lowest BCUT2D eigenvalue weighted by Crippen LogP contribution is -2.17. The molecule has 10 nitrogen and oxygen atoms in total. The number of anilines is 2. The summed E-state index contributed by atoms with van der Waals surface area (Å²) >= 11 is 13.2. The summed E-state index contributed by atoms with van der Waals surface area (Å²) in [6.45, 7) is 0. The fraction of sp³-hybridized carbons (Fsp3) is 0.158. The van der Waals surface area contributed by atoms with Crippen molar-refractivity contribution >= 4 is 58.7 Å². The number of carbonyl (C=O) groups excluding carboxylic acids is 1. The van der Waals surface area contributed by atoms with Gasteiger partial charge in [0.2, 0.25) is 11.1 Å². The number of nitrogens with two attached hydrogens (primary N) is 1. The van der Waals surface area contributed by atoms with Crippen LogP contribution in [0, 0.1) is 0 Å². The quantitative estimate of drug-likeness (QED) is 0.178. The van der Waals surface area contributed by atoms with Gasteiger partial charge in [0.05, 0.1) is 36.2 Å². The second-order valence-electron chi connectivity index (χ2n) is 6.10. The Bertz CT molecular complexity index is 1140. The minimum atomic E-state index is -0.256. The molecule has 0 aliphatic rings. The molecule has 3 aromatic rings. The lowest BCUT2D eigenvalue weighted by Gasteiger charge is -2.10. The smallest absolute Gasteiger partial charge is 0.264 e. The molecule has 0 fully saturated rings. The predicted octanol–water partition coefficient (Wildman–Crippen LogP) is 3.49. The van der Waals surface area contributed by atoms with E-state index in [2.05, 4.69) is 26.0 Å². The van der Waals surface area contributed by atoms with E-state index in [0.717, 1.165) is 11.8 Å². The van der Waals surface area contributed by atoms with Gasteiger partial charge in [-0.05, 0) is 18.2 Å². The predicted molar refractivity (Wildman–Crippen MR) is 127 cm³/mol. The number of thioether (sulfide) groups is 1. The van der Waals surface area contributed by atoms with Crippen LogP contribution in [0.4, 0.5) is 11.6 Å². The van der Waals surface area contributed by atoms with Gasteiger partial charge in [-0.1, -0.05) is 47.1 Å². The number of hydrogen-bond donors (Lipinski definition) is 3. The Morgan fingerprint density at radius 2 is 2.00 bits per heavy atom. The first kappa shape index (κ1) is 23.5. The van der Waals surface area contributed by atoms with E-state index in [-0.39, 0.29) is 17.6 Å². The van der Waals surface area contributed by atoms with Crippen LogP contribution >= 0.6 is 35.0 Å². The summed E-state index contributed by atoms with van der Waals surface area (Å²) < 4.78 is 11.6. The second kappa shape index (κ2) is 10.9. The van der Waals surface area contributed by atoms with Gasteiger partial charge < -0.3 is 20.6 Å². The maximum Gasteiger partial charge on any atom is 0.264 e. The van der Waals surface area contributed by atoms with Crippen LogP contribution < -0.4 is 26.1 Å². The number of benzene rings is 2. The minimum absolute atomic E-state index is 0.0606. The first-order chi connectivity index (χ1) is 15.4. The SMILES string of the molecule is COc1ccc(NC(=O)CSc2nnc(N/N=C/c3cccc(Cl)c3Cl)n2N)cc1OC. The van der Waals surface area contributed by atoms with Gasteiger partial charge in [-0.2, -0.15) is 5.10 Å². The van der Waals surface area contributed by atoms with Gasteiger partial charge in [0.1, 0.15) is 0 Å². The fourth-order valence-corrected chi connectivity index (χ4v) is 3.49. The summed E-state index contributed by atoms with van der Waals surface area (Å²) in [5, 5.41) is 15.8. The maximum absolute atomic E-state index is 12.3. The third-order valence-corrected chi connectivity index (χ3v) is 5.79. The summed E-state index contributed by atoms with van der Waals surface area (Å²) in [7, 11) is 3.06. The molecule has 168 valence electrons. The molecule has 0 atom stereocenters. The molecule has 0 bridgehead atoms. The molecule has 0 spiro atoms. The monoisotopic (exact) mass is 495 g/mol. The molecule has 4 N–H and O–H groups in total. The molecule has 2 aromatic carbocycles. The van der Waals surface area contributed by atoms with Crippen LogP contribution in [0.1, 0.15) is 5.56 Å². The van der Waals surface area contributed by atoms with E-state index in [1.54, 1.807) is 36.4 Å². The number of nitrogens with zero attached hydrogens (tertiary/aromatic N) is 4. The van der Waals surface area contributed by atoms with Gasteiger partial charge >= 0.3 is 0 Å².